The van der Waals surface area contributed by atoms with Crippen molar-refractivity contribution in [1.29, 1.82) is 0 Å². The standard InChI is InChI=1S/C18H30N2O/c1-18(2,3)20-11-6-5-10-16(19)17(20)15-9-7-8-14(12-15)13-21-4/h7-9,12,16-17H,5-6,10-11,13,19H2,1-4H3. The Morgan fingerprint density at radius 3 is 2.71 bits per heavy atom. The molecule has 3 nitrogen and oxygen atoms in total. The van der Waals surface area contributed by atoms with E-state index in [9.17, 15) is 0 Å². The molecule has 0 saturated carbocycles. The van der Waals surface area contributed by atoms with Gasteiger partial charge in [0.05, 0.1) is 12.6 Å². The van der Waals surface area contributed by atoms with Gasteiger partial charge in [-0.1, -0.05) is 30.7 Å². The van der Waals surface area contributed by atoms with Gasteiger partial charge in [-0.25, -0.2) is 0 Å². The van der Waals surface area contributed by atoms with Crippen molar-refractivity contribution in [2.45, 2.75) is 64.3 Å². The van der Waals surface area contributed by atoms with Crippen LogP contribution in [0.3, 0.4) is 0 Å². The van der Waals surface area contributed by atoms with Crippen LogP contribution in [0.5, 0.6) is 0 Å². The van der Waals surface area contributed by atoms with Crippen LogP contribution in [0.15, 0.2) is 24.3 Å². The number of hydrogen-bond acceptors (Lipinski definition) is 3. The molecule has 2 rings (SSSR count). The molecule has 1 heterocycles. The maximum atomic E-state index is 6.55. The molecule has 1 aromatic rings. The Bertz CT molecular complexity index is 453. The maximum Gasteiger partial charge on any atom is 0.0713 e. The van der Waals surface area contributed by atoms with Gasteiger partial charge in [0.1, 0.15) is 0 Å². The van der Waals surface area contributed by atoms with Crippen LogP contribution in [0.1, 0.15) is 57.2 Å². The number of hydrogen-bond donors (Lipinski definition) is 1. The summed E-state index contributed by atoms with van der Waals surface area (Å²) in [5, 5.41) is 0. The van der Waals surface area contributed by atoms with Crippen LogP contribution in [0.2, 0.25) is 0 Å². The summed E-state index contributed by atoms with van der Waals surface area (Å²) < 4.78 is 5.27. The summed E-state index contributed by atoms with van der Waals surface area (Å²) in [6, 6.07) is 9.22. The number of methoxy groups -OCH3 is 1. The molecule has 3 heteroatoms. The number of benzene rings is 1. The average Bonchev–Trinajstić information content (AvgIpc) is 2.61. The fourth-order valence-corrected chi connectivity index (χ4v) is 3.40. The van der Waals surface area contributed by atoms with Crippen LogP contribution < -0.4 is 5.73 Å². The minimum absolute atomic E-state index is 0.129. The van der Waals surface area contributed by atoms with Crippen molar-refractivity contribution in [2.75, 3.05) is 13.7 Å². The van der Waals surface area contributed by atoms with Gasteiger partial charge >= 0.3 is 0 Å². The molecule has 118 valence electrons. The zero-order valence-corrected chi connectivity index (χ0v) is 13.9. The third kappa shape index (κ3) is 4.06. The van der Waals surface area contributed by atoms with Gasteiger partial charge in [0.15, 0.2) is 0 Å². The van der Waals surface area contributed by atoms with Crippen LogP contribution in [0.4, 0.5) is 0 Å². The van der Waals surface area contributed by atoms with Crippen molar-refractivity contribution in [3.63, 3.8) is 0 Å². The van der Waals surface area contributed by atoms with Crippen molar-refractivity contribution in [2.24, 2.45) is 5.73 Å². The molecular weight excluding hydrogens is 260 g/mol. The molecule has 1 aliphatic heterocycles. The molecule has 2 N–H and O–H groups in total. The van der Waals surface area contributed by atoms with Crippen LogP contribution in [0.25, 0.3) is 0 Å². The van der Waals surface area contributed by atoms with Gasteiger partial charge in [-0.15, -0.1) is 0 Å². The third-order valence-corrected chi connectivity index (χ3v) is 4.39. The summed E-state index contributed by atoms with van der Waals surface area (Å²) in [5.74, 6) is 0. The van der Waals surface area contributed by atoms with Crippen molar-refractivity contribution in [3.8, 4) is 0 Å². The van der Waals surface area contributed by atoms with Crippen LogP contribution in [-0.2, 0) is 11.3 Å². The Labute approximate surface area is 129 Å². The van der Waals surface area contributed by atoms with E-state index in [0.717, 1.165) is 13.0 Å². The number of nitrogens with zero attached hydrogens (tertiary/aromatic N) is 1. The first-order valence-electron chi connectivity index (χ1n) is 8.03. The lowest BCUT2D eigenvalue weighted by Gasteiger charge is -2.43. The van der Waals surface area contributed by atoms with E-state index in [-0.39, 0.29) is 11.6 Å². The number of ether oxygens (including phenoxy) is 1. The normalized spacial score (nSPS) is 24.8. The maximum absolute atomic E-state index is 6.55. The lowest BCUT2D eigenvalue weighted by molar-refractivity contribution is 0.0754. The fraction of sp³-hybridized carbons (Fsp3) is 0.667. The molecule has 1 fully saturated rings. The van der Waals surface area contributed by atoms with Gasteiger partial charge in [-0.2, -0.15) is 0 Å². The number of rotatable bonds is 3. The Morgan fingerprint density at radius 1 is 1.29 bits per heavy atom. The van der Waals surface area contributed by atoms with Gasteiger partial charge in [-0.3, -0.25) is 4.90 Å². The van der Waals surface area contributed by atoms with E-state index in [2.05, 4.69) is 49.9 Å². The predicted octanol–water partition coefficient (Wildman–Crippen LogP) is 3.49. The summed E-state index contributed by atoms with van der Waals surface area (Å²) in [5.41, 5.74) is 9.23. The molecule has 1 aromatic carbocycles. The molecule has 21 heavy (non-hydrogen) atoms. The summed E-state index contributed by atoms with van der Waals surface area (Å²) in [7, 11) is 1.74. The highest BCUT2D eigenvalue weighted by molar-refractivity contribution is 5.27. The fourth-order valence-electron chi connectivity index (χ4n) is 3.40. The second-order valence-electron chi connectivity index (χ2n) is 7.15. The van der Waals surface area contributed by atoms with E-state index in [1.165, 1.54) is 24.0 Å². The van der Waals surface area contributed by atoms with E-state index in [4.69, 9.17) is 10.5 Å². The number of nitrogens with two attached hydrogens (primary N) is 1. The highest BCUT2D eigenvalue weighted by Gasteiger charge is 2.35. The van der Waals surface area contributed by atoms with Crippen molar-refractivity contribution < 1.29 is 4.74 Å². The Morgan fingerprint density at radius 2 is 2.05 bits per heavy atom. The van der Waals surface area contributed by atoms with Crippen LogP contribution >= 0.6 is 0 Å². The highest BCUT2D eigenvalue weighted by atomic mass is 16.5. The largest absolute Gasteiger partial charge is 0.380 e. The van der Waals surface area contributed by atoms with Crippen molar-refractivity contribution >= 4 is 0 Å². The van der Waals surface area contributed by atoms with Gasteiger partial charge in [0.25, 0.3) is 0 Å². The Hall–Kier alpha value is -0.900. The first kappa shape index (κ1) is 16.5. The van der Waals surface area contributed by atoms with Crippen LogP contribution in [0, 0.1) is 0 Å². The molecule has 1 aliphatic rings. The van der Waals surface area contributed by atoms with Gasteiger partial charge < -0.3 is 10.5 Å². The van der Waals surface area contributed by atoms with E-state index in [1.807, 2.05) is 0 Å². The van der Waals surface area contributed by atoms with Crippen molar-refractivity contribution in [3.05, 3.63) is 35.4 Å². The van der Waals surface area contributed by atoms with E-state index < -0.39 is 0 Å². The number of likely N-dealkylation sites (tertiary alicyclic amines) is 1. The third-order valence-electron chi connectivity index (χ3n) is 4.39. The SMILES string of the molecule is COCc1cccc(C2C(N)CCCCN2C(C)(C)C)c1. The molecule has 0 bridgehead atoms. The van der Waals surface area contributed by atoms with Crippen LogP contribution in [-0.4, -0.2) is 30.1 Å². The van der Waals surface area contributed by atoms with Gasteiger partial charge in [-0.05, 0) is 51.3 Å². The predicted molar refractivity (Wildman–Crippen MR) is 88.2 cm³/mol. The molecule has 2 unspecified atom stereocenters. The quantitative estimate of drug-likeness (QED) is 0.926. The molecular formula is C18H30N2O. The summed E-state index contributed by atoms with van der Waals surface area (Å²) in [6.07, 6.45) is 3.56. The summed E-state index contributed by atoms with van der Waals surface area (Å²) in [6.45, 7) is 8.65. The Balaban J connectivity index is 2.36. The molecule has 2 atom stereocenters. The van der Waals surface area contributed by atoms with E-state index in [0.29, 0.717) is 12.6 Å². The second-order valence-corrected chi connectivity index (χ2v) is 7.15. The monoisotopic (exact) mass is 290 g/mol. The summed E-state index contributed by atoms with van der Waals surface area (Å²) in [4.78, 5) is 2.58. The smallest absolute Gasteiger partial charge is 0.0713 e. The second kappa shape index (κ2) is 6.91. The molecule has 0 radical (unpaired) electrons. The van der Waals surface area contributed by atoms with Gasteiger partial charge in [0, 0.05) is 18.7 Å². The lowest BCUT2D eigenvalue weighted by Crippen LogP contribution is -2.49. The average molecular weight is 290 g/mol. The minimum atomic E-state index is 0.129. The zero-order valence-electron chi connectivity index (χ0n) is 13.9. The highest BCUT2D eigenvalue weighted by Crippen LogP contribution is 2.35. The van der Waals surface area contributed by atoms with E-state index in [1.54, 1.807) is 7.11 Å². The lowest BCUT2D eigenvalue weighted by atomic mass is 9.91. The Kier molecular flexibility index (Phi) is 5.42. The molecule has 0 spiro atoms. The molecule has 0 amide bonds. The molecule has 1 saturated heterocycles. The molecule has 0 aliphatic carbocycles. The zero-order chi connectivity index (χ0) is 15.5. The first-order valence-corrected chi connectivity index (χ1v) is 8.03. The molecule has 0 aromatic heterocycles. The summed E-state index contributed by atoms with van der Waals surface area (Å²) >= 11 is 0. The minimum Gasteiger partial charge on any atom is -0.380 e. The first-order chi connectivity index (χ1) is 9.93. The van der Waals surface area contributed by atoms with E-state index >= 15 is 0 Å². The van der Waals surface area contributed by atoms with Crippen molar-refractivity contribution in [1.82, 2.24) is 4.90 Å². The van der Waals surface area contributed by atoms with Gasteiger partial charge in [0.2, 0.25) is 0 Å². The topological polar surface area (TPSA) is 38.5 Å².